The van der Waals surface area contributed by atoms with Crippen LogP contribution < -0.4 is 0 Å². The van der Waals surface area contributed by atoms with Crippen molar-refractivity contribution in [3.63, 3.8) is 0 Å². The van der Waals surface area contributed by atoms with Gasteiger partial charge < -0.3 is 4.74 Å². The largest absolute Gasteiger partial charge is 0.467 e. The summed E-state index contributed by atoms with van der Waals surface area (Å²) in [7, 11) is 1.38. The molecule has 0 aromatic carbocycles. The molecule has 0 aliphatic rings. The predicted molar refractivity (Wildman–Crippen MR) is 56.4 cm³/mol. The topological polar surface area (TPSA) is 44.1 Å². The Morgan fingerprint density at radius 1 is 1.77 bits per heavy atom. The summed E-state index contributed by atoms with van der Waals surface area (Å²) in [6.45, 7) is 3.69. The number of halogens is 1. The Kier molecular flexibility index (Phi) is 3.29. The summed E-state index contributed by atoms with van der Waals surface area (Å²) in [6.07, 6.45) is 1.73. The van der Waals surface area contributed by atoms with Gasteiger partial charge >= 0.3 is 5.97 Å². The summed E-state index contributed by atoms with van der Waals surface area (Å²) >= 11 is 2.18. The van der Waals surface area contributed by atoms with Gasteiger partial charge in [-0.25, -0.2) is 4.79 Å². The fourth-order valence-corrected chi connectivity index (χ4v) is 1.43. The SMILES string of the molecule is COC(=O)[C@@H](C)n1ncc(I)c1C. The van der Waals surface area contributed by atoms with E-state index < -0.39 is 0 Å². The molecule has 1 rings (SSSR count). The molecule has 1 aromatic heterocycles. The predicted octanol–water partition coefficient (Wildman–Crippen LogP) is 1.53. The Morgan fingerprint density at radius 2 is 2.38 bits per heavy atom. The van der Waals surface area contributed by atoms with E-state index in [9.17, 15) is 4.79 Å². The van der Waals surface area contributed by atoms with Gasteiger partial charge in [0, 0.05) is 5.69 Å². The minimum Gasteiger partial charge on any atom is -0.467 e. The molecule has 0 bridgehead atoms. The van der Waals surface area contributed by atoms with E-state index in [0.29, 0.717) is 0 Å². The van der Waals surface area contributed by atoms with Crippen LogP contribution in [0, 0.1) is 10.5 Å². The first-order chi connectivity index (χ1) is 6.07. The van der Waals surface area contributed by atoms with Gasteiger partial charge in [-0.05, 0) is 36.4 Å². The maximum atomic E-state index is 11.2. The third-order valence-electron chi connectivity index (χ3n) is 1.89. The maximum absolute atomic E-state index is 11.2. The van der Waals surface area contributed by atoms with Crippen LogP contribution in [0.25, 0.3) is 0 Å². The Hall–Kier alpha value is -0.590. The monoisotopic (exact) mass is 294 g/mol. The van der Waals surface area contributed by atoms with E-state index in [0.717, 1.165) is 9.26 Å². The van der Waals surface area contributed by atoms with Crippen molar-refractivity contribution in [1.82, 2.24) is 9.78 Å². The Bertz CT molecular complexity index is 322. The lowest BCUT2D eigenvalue weighted by molar-refractivity contribution is -0.144. The van der Waals surface area contributed by atoms with E-state index in [1.165, 1.54) is 7.11 Å². The molecule has 1 heterocycles. The quantitative estimate of drug-likeness (QED) is 0.614. The molecule has 0 radical (unpaired) electrons. The van der Waals surface area contributed by atoms with Crippen LogP contribution in [-0.4, -0.2) is 22.9 Å². The van der Waals surface area contributed by atoms with Gasteiger partial charge in [0.1, 0.15) is 6.04 Å². The van der Waals surface area contributed by atoms with Crippen LogP contribution in [0.5, 0.6) is 0 Å². The fraction of sp³-hybridized carbons (Fsp3) is 0.500. The second kappa shape index (κ2) is 4.08. The fourth-order valence-electron chi connectivity index (χ4n) is 1.06. The summed E-state index contributed by atoms with van der Waals surface area (Å²) < 4.78 is 7.34. The summed E-state index contributed by atoms with van der Waals surface area (Å²) in [5, 5.41) is 4.09. The number of nitrogens with zero attached hydrogens (tertiary/aromatic N) is 2. The molecule has 13 heavy (non-hydrogen) atoms. The number of ether oxygens (including phenoxy) is 1. The zero-order valence-electron chi connectivity index (χ0n) is 7.74. The van der Waals surface area contributed by atoms with Gasteiger partial charge in [0.25, 0.3) is 0 Å². The number of aromatic nitrogens is 2. The molecule has 0 fully saturated rings. The van der Waals surface area contributed by atoms with Gasteiger partial charge in [0.15, 0.2) is 0 Å². The second-order valence-electron chi connectivity index (χ2n) is 2.72. The smallest absolute Gasteiger partial charge is 0.330 e. The average molecular weight is 294 g/mol. The molecular formula is C8H11IN2O2. The van der Waals surface area contributed by atoms with Crippen LogP contribution in [-0.2, 0) is 9.53 Å². The number of carbonyl (C=O) groups excluding carboxylic acids is 1. The maximum Gasteiger partial charge on any atom is 0.330 e. The van der Waals surface area contributed by atoms with Crippen molar-refractivity contribution in [2.45, 2.75) is 19.9 Å². The van der Waals surface area contributed by atoms with Gasteiger partial charge in [-0.1, -0.05) is 0 Å². The van der Waals surface area contributed by atoms with E-state index in [-0.39, 0.29) is 12.0 Å². The molecule has 0 aliphatic carbocycles. The highest BCUT2D eigenvalue weighted by Crippen LogP contribution is 2.15. The molecule has 0 spiro atoms. The molecule has 0 amide bonds. The first-order valence-corrected chi connectivity index (χ1v) is 4.93. The van der Waals surface area contributed by atoms with E-state index in [1.54, 1.807) is 17.8 Å². The third-order valence-corrected chi connectivity index (χ3v) is 2.95. The number of hydrogen-bond donors (Lipinski definition) is 0. The van der Waals surface area contributed by atoms with Gasteiger partial charge in [-0.2, -0.15) is 5.10 Å². The summed E-state index contributed by atoms with van der Waals surface area (Å²) in [5.74, 6) is -0.275. The van der Waals surface area contributed by atoms with Crippen molar-refractivity contribution >= 4 is 28.6 Å². The molecule has 0 saturated heterocycles. The van der Waals surface area contributed by atoms with Crippen LogP contribution in [0.1, 0.15) is 18.7 Å². The van der Waals surface area contributed by atoms with Crippen molar-refractivity contribution in [2.24, 2.45) is 0 Å². The van der Waals surface area contributed by atoms with Crippen LogP contribution >= 0.6 is 22.6 Å². The molecule has 5 heteroatoms. The third kappa shape index (κ3) is 2.01. The van der Waals surface area contributed by atoms with E-state index in [1.807, 2.05) is 6.92 Å². The van der Waals surface area contributed by atoms with Crippen LogP contribution in [0.3, 0.4) is 0 Å². The highest BCUT2D eigenvalue weighted by molar-refractivity contribution is 14.1. The van der Waals surface area contributed by atoms with Crippen molar-refractivity contribution in [2.75, 3.05) is 7.11 Å². The summed E-state index contributed by atoms with van der Waals surface area (Å²) in [5.41, 5.74) is 0.985. The first kappa shape index (κ1) is 10.5. The van der Waals surface area contributed by atoms with Crippen molar-refractivity contribution in [1.29, 1.82) is 0 Å². The molecule has 0 aliphatic heterocycles. The number of methoxy groups -OCH3 is 1. The van der Waals surface area contributed by atoms with E-state index in [4.69, 9.17) is 0 Å². The zero-order valence-corrected chi connectivity index (χ0v) is 9.90. The Labute approximate surface area is 90.4 Å². The summed E-state index contributed by atoms with van der Waals surface area (Å²) in [6, 6.07) is -0.353. The van der Waals surface area contributed by atoms with Gasteiger partial charge in [-0.15, -0.1) is 0 Å². The van der Waals surface area contributed by atoms with Crippen molar-refractivity contribution in [3.8, 4) is 0 Å². The standard InChI is InChI=1S/C8H11IN2O2/c1-5-7(9)4-10-11(5)6(2)8(12)13-3/h4,6H,1-3H3/t6-/m1/s1. The van der Waals surface area contributed by atoms with E-state index in [2.05, 4.69) is 32.4 Å². The van der Waals surface area contributed by atoms with Gasteiger partial charge in [0.05, 0.1) is 16.9 Å². The highest BCUT2D eigenvalue weighted by Gasteiger charge is 2.18. The number of rotatable bonds is 2. The molecule has 1 aromatic rings. The second-order valence-corrected chi connectivity index (χ2v) is 3.88. The molecule has 1 atom stereocenters. The van der Waals surface area contributed by atoms with Crippen LogP contribution in [0.15, 0.2) is 6.20 Å². The lowest BCUT2D eigenvalue weighted by Gasteiger charge is -2.11. The average Bonchev–Trinajstić information content (AvgIpc) is 2.45. The summed E-state index contributed by atoms with van der Waals surface area (Å²) in [4.78, 5) is 11.2. The highest BCUT2D eigenvalue weighted by atomic mass is 127. The number of hydrogen-bond acceptors (Lipinski definition) is 3. The molecule has 0 N–H and O–H groups in total. The molecule has 0 saturated carbocycles. The van der Waals surface area contributed by atoms with Gasteiger partial charge in [0.2, 0.25) is 0 Å². The molecule has 4 nitrogen and oxygen atoms in total. The zero-order chi connectivity index (χ0) is 10.0. The van der Waals surface area contributed by atoms with Crippen molar-refractivity contribution < 1.29 is 9.53 Å². The van der Waals surface area contributed by atoms with Crippen LogP contribution in [0.4, 0.5) is 0 Å². The lowest BCUT2D eigenvalue weighted by atomic mass is 10.3. The minimum atomic E-state index is -0.353. The number of carbonyl (C=O) groups is 1. The Morgan fingerprint density at radius 3 is 2.77 bits per heavy atom. The minimum absolute atomic E-state index is 0.275. The lowest BCUT2D eigenvalue weighted by Crippen LogP contribution is -2.19. The van der Waals surface area contributed by atoms with Crippen molar-refractivity contribution in [3.05, 3.63) is 15.5 Å². The number of esters is 1. The molecule has 72 valence electrons. The molecule has 0 unspecified atom stereocenters. The Balaban J connectivity index is 2.95. The molecular weight excluding hydrogens is 283 g/mol. The first-order valence-electron chi connectivity index (χ1n) is 3.85. The van der Waals surface area contributed by atoms with Gasteiger partial charge in [-0.3, -0.25) is 4.68 Å². The normalized spacial score (nSPS) is 12.6. The van der Waals surface area contributed by atoms with Crippen LogP contribution in [0.2, 0.25) is 0 Å². The van der Waals surface area contributed by atoms with E-state index >= 15 is 0 Å².